The van der Waals surface area contributed by atoms with Crippen LogP contribution in [0.25, 0.3) is 0 Å². The molecule has 1 saturated heterocycles. The van der Waals surface area contributed by atoms with Gasteiger partial charge in [-0.3, -0.25) is 0 Å². The number of benzene rings is 1. The molecule has 1 unspecified atom stereocenters. The molecule has 2 nitrogen and oxygen atoms in total. The molecule has 1 aliphatic carbocycles. The molecule has 1 N–H and O–H groups in total. The Morgan fingerprint density at radius 1 is 1.19 bits per heavy atom. The topological polar surface area (TPSA) is 21.3 Å². The van der Waals surface area contributed by atoms with Crippen molar-refractivity contribution in [3.63, 3.8) is 0 Å². The summed E-state index contributed by atoms with van der Waals surface area (Å²) in [6, 6.07) is 9.76. The smallest absolute Gasteiger partial charge is 0.0692 e. The van der Waals surface area contributed by atoms with E-state index < -0.39 is 0 Å². The van der Waals surface area contributed by atoms with Gasteiger partial charge >= 0.3 is 0 Å². The lowest BCUT2D eigenvalue weighted by atomic mass is 9.86. The molecule has 2 aliphatic rings. The average Bonchev–Trinajstić information content (AvgIpc) is 3.38. The van der Waals surface area contributed by atoms with Gasteiger partial charge < -0.3 is 10.1 Å². The third-order valence-electron chi connectivity index (χ3n) is 5.38. The maximum Gasteiger partial charge on any atom is 0.0692 e. The van der Waals surface area contributed by atoms with Crippen molar-refractivity contribution in [2.75, 3.05) is 6.61 Å². The molecule has 1 aromatic carbocycles. The van der Waals surface area contributed by atoms with Crippen LogP contribution >= 0.6 is 0 Å². The molecule has 3 rings (SSSR count). The predicted octanol–water partition coefficient (Wildman–Crippen LogP) is 4.39. The summed E-state index contributed by atoms with van der Waals surface area (Å²) in [7, 11) is 0. The van der Waals surface area contributed by atoms with Crippen molar-refractivity contribution < 1.29 is 4.74 Å². The molecule has 2 fully saturated rings. The van der Waals surface area contributed by atoms with E-state index in [1.54, 1.807) is 0 Å². The molecule has 0 radical (unpaired) electrons. The molecule has 21 heavy (non-hydrogen) atoms. The van der Waals surface area contributed by atoms with Gasteiger partial charge in [-0.1, -0.05) is 38.1 Å². The second-order valence-electron chi connectivity index (χ2n) is 6.83. The van der Waals surface area contributed by atoms with Gasteiger partial charge in [-0.05, 0) is 55.6 Å². The van der Waals surface area contributed by atoms with Gasteiger partial charge in [-0.2, -0.15) is 0 Å². The molecular weight excluding hydrogens is 258 g/mol. The SMILES string of the molecule is CCC1(CC)CC(NCc2cccc(C3CC3)c2)CCO1. The van der Waals surface area contributed by atoms with E-state index in [4.69, 9.17) is 4.74 Å². The maximum atomic E-state index is 6.07. The fourth-order valence-corrected chi connectivity index (χ4v) is 3.58. The zero-order chi connectivity index (χ0) is 14.7. The lowest BCUT2D eigenvalue weighted by Gasteiger charge is -2.40. The summed E-state index contributed by atoms with van der Waals surface area (Å²) in [6.07, 6.45) is 7.31. The summed E-state index contributed by atoms with van der Waals surface area (Å²) in [6.45, 7) is 6.41. The third kappa shape index (κ3) is 3.67. The molecule has 0 spiro atoms. The molecule has 0 aromatic heterocycles. The normalized spacial score (nSPS) is 25.0. The second kappa shape index (κ2) is 6.50. The van der Waals surface area contributed by atoms with Crippen LogP contribution in [0.2, 0.25) is 0 Å². The van der Waals surface area contributed by atoms with Crippen molar-refractivity contribution in [2.45, 2.75) is 76.5 Å². The minimum Gasteiger partial charge on any atom is -0.375 e. The Morgan fingerprint density at radius 3 is 2.71 bits per heavy atom. The van der Waals surface area contributed by atoms with Crippen molar-refractivity contribution >= 4 is 0 Å². The molecule has 1 aromatic rings. The highest BCUT2D eigenvalue weighted by Crippen LogP contribution is 2.40. The number of nitrogens with one attached hydrogen (secondary N) is 1. The summed E-state index contributed by atoms with van der Waals surface area (Å²) >= 11 is 0. The van der Waals surface area contributed by atoms with E-state index in [-0.39, 0.29) is 5.60 Å². The van der Waals surface area contributed by atoms with Crippen LogP contribution in [0, 0.1) is 0 Å². The van der Waals surface area contributed by atoms with E-state index in [2.05, 4.69) is 43.4 Å². The molecule has 1 heterocycles. The minimum absolute atomic E-state index is 0.117. The van der Waals surface area contributed by atoms with Crippen LogP contribution in [0.4, 0.5) is 0 Å². The molecule has 2 heteroatoms. The zero-order valence-corrected chi connectivity index (χ0v) is 13.5. The number of hydrogen-bond donors (Lipinski definition) is 1. The quantitative estimate of drug-likeness (QED) is 0.837. The van der Waals surface area contributed by atoms with E-state index in [0.717, 1.165) is 44.8 Å². The Bertz CT molecular complexity index is 462. The maximum absolute atomic E-state index is 6.07. The van der Waals surface area contributed by atoms with Crippen LogP contribution in [0.5, 0.6) is 0 Å². The summed E-state index contributed by atoms with van der Waals surface area (Å²) in [5, 5.41) is 3.77. The van der Waals surface area contributed by atoms with Crippen molar-refractivity contribution in [1.29, 1.82) is 0 Å². The highest BCUT2D eigenvalue weighted by Gasteiger charge is 2.34. The Morgan fingerprint density at radius 2 is 2.00 bits per heavy atom. The first kappa shape index (κ1) is 15.1. The van der Waals surface area contributed by atoms with E-state index in [1.807, 2.05) is 0 Å². The largest absolute Gasteiger partial charge is 0.375 e. The van der Waals surface area contributed by atoms with Crippen LogP contribution < -0.4 is 5.32 Å². The Labute approximate surface area is 129 Å². The molecular formula is C19H29NO. The van der Waals surface area contributed by atoms with Crippen molar-refractivity contribution in [2.24, 2.45) is 0 Å². The van der Waals surface area contributed by atoms with Gasteiger partial charge in [-0.25, -0.2) is 0 Å². The lowest BCUT2D eigenvalue weighted by Crippen LogP contribution is -2.46. The molecule has 1 aliphatic heterocycles. The highest BCUT2D eigenvalue weighted by atomic mass is 16.5. The second-order valence-corrected chi connectivity index (χ2v) is 6.83. The fraction of sp³-hybridized carbons (Fsp3) is 0.684. The first-order valence-electron chi connectivity index (χ1n) is 8.71. The van der Waals surface area contributed by atoms with E-state index in [9.17, 15) is 0 Å². The summed E-state index contributed by atoms with van der Waals surface area (Å²) in [5.74, 6) is 0.848. The number of hydrogen-bond acceptors (Lipinski definition) is 2. The predicted molar refractivity (Wildman–Crippen MR) is 87.5 cm³/mol. The van der Waals surface area contributed by atoms with Gasteiger partial charge in [0.25, 0.3) is 0 Å². The van der Waals surface area contributed by atoms with Crippen molar-refractivity contribution in [1.82, 2.24) is 5.32 Å². The van der Waals surface area contributed by atoms with Gasteiger partial charge in [0.2, 0.25) is 0 Å². The van der Waals surface area contributed by atoms with Crippen molar-refractivity contribution in [3.05, 3.63) is 35.4 Å². The van der Waals surface area contributed by atoms with E-state index in [0.29, 0.717) is 6.04 Å². The fourth-order valence-electron chi connectivity index (χ4n) is 3.58. The lowest BCUT2D eigenvalue weighted by molar-refractivity contribution is -0.0932. The van der Waals surface area contributed by atoms with E-state index in [1.165, 1.54) is 24.0 Å². The number of rotatable bonds is 6. The summed E-state index contributed by atoms with van der Waals surface area (Å²) in [4.78, 5) is 0. The van der Waals surface area contributed by atoms with Crippen LogP contribution in [0.1, 0.15) is 69.4 Å². The van der Waals surface area contributed by atoms with Crippen LogP contribution in [0.15, 0.2) is 24.3 Å². The standard InChI is InChI=1S/C19H29NO/c1-3-19(4-2)13-18(10-11-21-19)20-14-15-6-5-7-17(12-15)16-8-9-16/h5-7,12,16,18,20H,3-4,8-11,13-14H2,1-2H3. The molecule has 0 bridgehead atoms. The van der Waals surface area contributed by atoms with Crippen LogP contribution in [0.3, 0.4) is 0 Å². The summed E-state index contributed by atoms with van der Waals surface area (Å²) in [5.41, 5.74) is 3.09. The first-order valence-corrected chi connectivity index (χ1v) is 8.71. The molecule has 0 amide bonds. The van der Waals surface area contributed by atoms with Crippen LogP contribution in [-0.2, 0) is 11.3 Å². The monoisotopic (exact) mass is 287 g/mol. The van der Waals surface area contributed by atoms with Gasteiger partial charge in [0.1, 0.15) is 0 Å². The van der Waals surface area contributed by atoms with Gasteiger partial charge in [0.15, 0.2) is 0 Å². The Hall–Kier alpha value is -0.860. The zero-order valence-electron chi connectivity index (χ0n) is 13.5. The third-order valence-corrected chi connectivity index (χ3v) is 5.38. The average molecular weight is 287 g/mol. The van der Waals surface area contributed by atoms with Crippen LogP contribution in [-0.4, -0.2) is 18.2 Å². The minimum atomic E-state index is 0.117. The molecule has 1 atom stereocenters. The van der Waals surface area contributed by atoms with Gasteiger partial charge in [-0.15, -0.1) is 0 Å². The Kier molecular flexibility index (Phi) is 4.66. The molecule has 116 valence electrons. The number of ether oxygens (including phenoxy) is 1. The van der Waals surface area contributed by atoms with Crippen molar-refractivity contribution in [3.8, 4) is 0 Å². The van der Waals surface area contributed by atoms with E-state index >= 15 is 0 Å². The highest BCUT2D eigenvalue weighted by molar-refractivity contribution is 5.29. The summed E-state index contributed by atoms with van der Waals surface area (Å²) < 4.78 is 6.07. The molecule has 1 saturated carbocycles. The van der Waals surface area contributed by atoms with Gasteiger partial charge in [0, 0.05) is 19.2 Å². The first-order chi connectivity index (χ1) is 10.2. The Balaban J connectivity index is 1.55. The van der Waals surface area contributed by atoms with Gasteiger partial charge in [0.05, 0.1) is 5.60 Å².